The number of hydrogen-bond donors (Lipinski definition) is 6. The second-order valence-corrected chi connectivity index (χ2v) is 10.6. The number of carboxylic acid groups (broad SMARTS) is 5. The summed E-state index contributed by atoms with van der Waals surface area (Å²) in [5.74, 6) is -7.01. The van der Waals surface area contributed by atoms with Crippen molar-refractivity contribution >= 4 is 46.5 Å². The molecule has 4 rings (SSSR count). The molecule has 49 heavy (non-hydrogen) atoms. The minimum absolute atomic E-state index is 0.0193. The molecule has 2 aromatic rings. The zero-order valence-electron chi connectivity index (χ0n) is 25.5. The summed E-state index contributed by atoms with van der Waals surface area (Å²) in [4.78, 5) is 72.4. The first kappa shape index (κ1) is 35.7. The summed E-state index contributed by atoms with van der Waals surface area (Å²) in [6.07, 6.45) is 0. The molecule has 2 aliphatic rings. The lowest BCUT2D eigenvalue weighted by molar-refractivity contribution is -0.142. The molecule has 0 unspecified atom stereocenters. The van der Waals surface area contributed by atoms with E-state index in [0.717, 1.165) is 15.9 Å². The number of nitrogens with zero attached hydrogens (tertiary/aromatic N) is 2. The molecule has 0 fully saturated rings. The molecule has 0 amide bonds. The number of fused-ring (bicyclic) bond motifs is 2. The highest BCUT2D eigenvalue weighted by molar-refractivity contribution is 6.08. The largest absolute Gasteiger partial charge is 0.508 e. The summed E-state index contributed by atoms with van der Waals surface area (Å²) in [7, 11) is 0. The molecule has 1 aliphatic carbocycles. The molecule has 0 bridgehead atoms. The zero-order valence-corrected chi connectivity index (χ0v) is 25.5. The Morgan fingerprint density at radius 1 is 0.714 bits per heavy atom. The molecule has 2 aromatic carbocycles. The lowest BCUT2D eigenvalue weighted by Gasteiger charge is -2.26. The van der Waals surface area contributed by atoms with E-state index in [2.05, 4.69) is 0 Å². The van der Waals surface area contributed by atoms with Crippen molar-refractivity contribution in [1.82, 2.24) is 4.90 Å². The number of ether oxygens (including phenoxy) is 2. The number of phenolic OH excluding ortho intramolecular Hbond substituents is 1. The minimum Gasteiger partial charge on any atom is -0.508 e. The van der Waals surface area contributed by atoms with Gasteiger partial charge in [0.25, 0.3) is 0 Å². The Kier molecular flexibility index (Phi) is 11.3. The predicted molar refractivity (Wildman–Crippen MR) is 169 cm³/mol. The van der Waals surface area contributed by atoms with E-state index in [4.69, 9.17) is 24.1 Å². The summed E-state index contributed by atoms with van der Waals surface area (Å²) >= 11 is 0. The first-order valence-electron chi connectivity index (χ1n) is 14.4. The first-order chi connectivity index (χ1) is 23.2. The number of carbonyl (C=O) groups is 5. The van der Waals surface area contributed by atoms with Crippen LogP contribution in [0.3, 0.4) is 0 Å². The SMILES string of the molecule is O=C(O)CN(CCOCCOc1cc(-c2c3ccc(=O)cc-3oc3cc(O)ccc23)c(C(=O)O)cc1N(CC(=O)O)CC(=O)O)CC(=O)O. The van der Waals surface area contributed by atoms with Crippen LogP contribution in [-0.2, 0) is 23.9 Å². The monoisotopic (exact) mass is 682 g/mol. The number of rotatable bonds is 18. The second kappa shape index (κ2) is 15.6. The number of aliphatic carboxylic acids is 4. The number of aromatic carboxylic acids is 1. The molecule has 6 N–H and O–H groups in total. The fourth-order valence-electron chi connectivity index (χ4n) is 5.12. The van der Waals surface area contributed by atoms with Gasteiger partial charge < -0.3 is 49.4 Å². The van der Waals surface area contributed by atoms with Crippen LogP contribution >= 0.6 is 0 Å². The molecular weight excluding hydrogens is 652 g/mol. The summed E-state index contributed by atoms with van der Waals surface area (Å²) in [5.41, 5.74) is -0.304. The molecule has 0 saturated heterocycles. The van der Waals surface area contributed by atoms with Crippen LogP contribution in [0.5, 0.6) is 11.5 Å². The Hall–Kier alpha value is -6.20. The lowest BCUT2D eigenvalue weighted by atomic mass is 9.90. The van der Waals surface area contributed by atoms with Gasteiger partial charge in [0, 0.05) is 40.8 Å². The van der Waals surface area contributed by atoms with Crippen molar-refractivity contribution in [3.8, 4) is 33.9 Å². The van der Waals surface area contributed by atoms with E-state index < -0.39 is 61.5 Å². The van der Waals surface area contributed by atoms with Crippen molar-refractivity contribution in [2.45, 2.75) is 0 Å². The van der Waals surface area contributed by atoms with Crippen LogP contribution in [0.15, 0.2) is 57.7 Å². The Balaban J connectivity index is 1.79. The first-order valence-corrected chi connectivity index (χ1v) is 14.4. The van der Waals surface area contributed by atoms with Gasteiger partial charge in [-0.25, -0.2) is 4.79 Å². The summed E-state index contributed by atoms with van der Waals surface area (Å²) in [5, 5.41) is 57.8. The van der Waals surface area contributed by atoms with E-state index >= 15 is 0 Å². The normalized spacial score (nSPS) is 11.1. The number of hydrogen-bond acceptors (Lipinski definition) is 12. The maximum Gasteiger partial charge on any atom is 0.336 e. The highest BCUT2D eigenvalue weighted by Gasteiger charge is 2.27. The quantitative estimate of drug-likeness (QED) is 0.0645. The average molecular weight is 683 g/mol. The number of benzene rings is 3. The smallest absolute Gasteiger partial charge is 0.336 e. The van der Waals surface area contributed by atoms with Crippen LogP contribution in [0.4, 0.5) is 5.69 Å². The van der Waals surface area contributed by atoms with Gasteiger partial charge in [0.2, 0.25) is 0 Å². The Morgan fingerprint density at radius 3 is 1.98 bits per heavy atom. The summed E-state index contributed by atoms with van der Waals surface area (Å²) in [6, 6.07) is 10.3. The van der Waals surface area contributed by atoms with Gasteiger partial charge in [0.05, 0.1) is 37.6 Å². The van der Waals surface area contributed by atoms with Crippen molar-refractivity contribution in [2.75, 3.05) is 57.4 Å². The fourth-order valence-corrected chi connectivity index (χ4v) is 5.12. The van der Waals surface area contributed by atoms with E-state index in [9.17, 15) is 49.2 Å². The van der Waals surface area contributed by atoms with Gasteiger partial charge in [-0.3, -0.25) is 28.9 Å². The van der Waals surface area contributed by atoms with Crippen molar-refractivity contribution in [3.63, 3.8) is 0 Å². The van der Waals surface area contributed by atoms with Crippen molar-refractivity contribution in [2.24, 2.45) is 0 Å². The number of aromatic hydroxyl groups is 1. The fraction of sp³-hybridized carbons (Fsp3) is 0.250. The molecule has 1 heterocycles. The third-order valence-electron chi connectivity index (χ3n) is 7.02. The van der Waals surface area contributed by atoms with Crippen LogP contribution in [0, 0.1) is 0 Å². The van der Waals surface area contributed by atoms with E-state index in [1.807, 2.05) is 0 Å². The number of phenols is 1. The van der Waals surface area contributed by atoms with Crippen LogP contribution < -0.4 is 15.1 Å². The molecule has 0 spiro atoms. The van der Waals surface area contributed by atoms with Gasteiger partial charge in [0.15, 0.2) is 5.43 Å². The van der Waals surface area contributed by atoms with Crippen molar-refractivity contribution in [1.29, 1.82) is 0 Å². The highest BCUT2D eigenvalue weighted by Crippen LogP contribution is 2.45. The van der Waals surface area contributed by atoms with E-state index in [-0.39, 0.29) is 71.6 Å². The van der Waals surface area contributed by atoms with Crippen LogP contribution in [0.2, 0.25) is 0 Å². The summed E-state index contributed by atoms with van der Waals surface area (Å²) in [6.45, 7) is -3.31. The Morgan fingerprint density at radius 2 is 1.37 bits per heavy atom. The van der Waals surface area contributed by atoms with E-state index in [0.29, 0.717) is 10.9 Å². The number of carboxylic acids is 5. The third kappa shape index (κ3) is 9.21. The number of anilines is 1. The molecule has 0 aromatic heterocycles. The molecule has 17 heteroatoms. The van der Waals surface area contributed by atoms with Gasteiger partial charge in [0.1, 0.15) is 42.5 Å². The third-order valence-corrected chi connectivity index (χ3v) is 7.02. The Bertz CT molecular complexity index is 1900. The predicted octanol–water partition coefficient (Wildman–Crippen LogP) is 1.81. The van der Waals surface area contributed by atoms with Crippen molar-refractivity contribution in [3.05, 3.63) is 64.3 Å². The van der Waals surface area contributed by atoms with Gasteiger partial charge in [-0.2, -0.15) is 0 Å². The molecule has 1 aliphatic heterocycles. The topological polar surface area (TPSA) is 262 Å². The maximum atomic E-state index is 12.7. The second-order valence-electron chi connectivity index (χ2n) is 10.6. The molecule has 0 radical (unpaired) electrons. The van der Waals surface area contributed by atoms with Gasteiger partial charge >= 0.3 is 29.8 Å². The zero-order chi connectivity index (χ0) is 35.8. The molecule has 17 nitrogen and oxygen atoms in total. The van der Waals surface area contributed by atoms with Gasteiger partial charge in [-0.1, -0.05) is 0 Å². The van der Waals surface area contributed by atoms with Crippen LogP contribution in [-0.4, -0.2) is 118 Å². The van der Waals surface area contributed by atoms with E-state index in [1.165, 1.54) is 42.5 Å². The Labute approximate surface area is 275 Å². The van der Waals surface area contributed by atoms with Crippen molar-refractivity contribution < 1.29 is 68.5 Å². The maximum absolute atomic E-state index is 12.7. The average Bonchev–Trinajstić information content (AvgIpc) is 2.99. The minimum atomic E-state index is -1.47. The van der Waals surface area contributed by atoms with Gasteiger partial charge in [-0.05, 0) is 36.4 Å². The summed E-state index contributed by atoms with van der Waals surface area (Å²) < 4.78 is 17.2. The van der Waals surface area contributed by atoms with E-state index in [1.54, 1.807) is 0 Å². The lowest BCUT2D eigenvalue weighted by Crippen LogP contribution is -2.37. The van der Waals surface area contributed by atoms with Gasteiger partial charge in [-0.15, -0.1) is 0 Å². The highest BCUT2D eigenvalue weighted by atomic mass is 16.5. The molecule has 0 atom stereocenters. The standard InChI is InChI=1S/C32H30N2O15/c35-17-1-3-19-24(9-17)49-25-10-18(36)2-4-20(25)31(19)21-12-26(48-8-7-47-6-5-33(13-27(37)38)14-28(39)40)23(11-22(21)32(45)46)34(15-29(41)42)16-30(43)44/h1-4,9-12,35H,5-8,13-16H2,(H,37,38)(H,39,40)(H,41,42)(H,43,44)(H,45,46). The molecular formula is C32H30N2O15. The van der Waals surface area contributed by atoms with Crippen LogP contribution in [0.25, 0.3) is 33.4 Å². The molecule has 258 valence electrons. The molecule has 0 saturated carbocycles. The van der Waals surface area contributed by atoms with Crippen LogP contribution in [0.1, 0.15) is 10.4 Å².